The van der Waals surface area contributed by atoms with E-state index in [9.17, 15) is 8.42 Å². The number of halogens is 1. The summed E-state index contributed by atoms with van der Waals surface area (Å²) in [5, 5.41) is 0. The molecule has 0 bridgehead atoms. The van der Waals surface area contributed by atoms with Gasteiger partial charge in [-0.3, -0.25) is 0 Å². The van der Waals surface area contributed by atoms with Crippen molar-refractivity contribution < 1.29 is 8.42 Å². The zero-order valence-electron chi connectivity index (χ0n) is 13.0. The largest absolute Gasteiger partial charge is 0.243 e. The highest BCUT2D eigenvalue weighted by Crippen LogP contribution is 2.33. The Morgan fingerprint density at radius 1 is 1.29 bits per heavy atom. The van der Waals surface area contributed by atoms with Crippen LogP contribution in [0.3, 0.4) is 0 Å². The highest BCUT2D eigenvalue weighted by Gasteiger charge is 2.32. The molecule has 21 heavy (non-hydrogen) atoms. The first kappa shape index (κ1) is 16.8. The molecule has 0 radical (unpaired) electrons. The van der Waals surface area contributed by atoms with Crippen LogP contribution in [0.2, 0.25) is 0 Å². The van der Waals surface area contributed by atoms with Crippen LogP contribution in [0.15, 0.2) is 17.0 Å². The fourth-order valence-corrected chi connectivity index (χ4v) is 4.64. The molecule has 0 unspecified atom stereocenters. The van der Waals surface area contributed by atoms with Gasteiger partial charge in [-0.2, -0.15) is 4.31 Å². The third-order valence-corrected chi connectivity index (χ3v) is 6.38. The first-order chi connectivity index (χ1) is 9.90. The van der Waals surface area contributed by atoms with Crippen LogP contribution in [0.1, 0.15) is 42.9 Å². The van der Waals surface area contributed by atoms with Crippen LogP contribution >= 0.6 is 11.6 Å². The summed E-state index contributed by atoms with van der Waals surface area (Å²) in [5.74, 6) is 0.879. The maximum Gasteiger partial charge on any atom is 0.243 e. The number of hydrogen-bond donors (Lipinski definition) is 0. The Morgan fingerprint density at radius 3 is 2.48 bits per heavy atom. The molecule has 3 nitrogen and oxygen atoms in total. The topological polar surface area (TPSA) is 37.4 Å². The summed E-state index contributed by atoms with van der Waals surface area (Å²) in [6.07, 6.45) is 3.13. The monoisotopic (exact) mass is 329 g/mol. The van der Waals surface area contributed by atoms with Gasteiger partial charge in [0.05, 0.1) is 4.90 Å². The summed E-state index contributed by atoms with van der Waals surface area (Å²) >= 11 is 5.90. The SMILES string of the molecule is CCCN(CC1CC1)S(=O)(=O)c1cc(CCl)cc(C)c1C. The minimum atomic E-state index is -3.43. The van der Waals surface area contributed by atoms with Crippen LogP contribution in [0, 0.1) is 19.8 Å². The quantitative estimate of drug-likeness (QED) is 0.712. The van der Waals surface area contributed by atoms with E-state index in [2.05, 4.69) is 0 Å². The summed E-state index contributed by atoms with van der Waals surface area (Å²) in [5.41, 5.74) is 2.68. The standard InChI is InChI=1S/C16H24ClNO2S/c1-4-7-18(11-14-5-6-14)21(19,20)16-9-15(10-17)8-12(2)13(16)3/h8-9,14H,4-7,10-11H2,1-3H3. The molecule has 0 atom stereocenters. The van der Waals surface area contributed by atoms with Crippen LogP contribution in [0.5, 0.6) is 0 Å². The van der Waals surface area contributed by atoms with Gasteiger partial charge in [0.2, 0.25) is 10.0 Å². The second-order valence-corrected chi connectivity index (χ2v) is 8.15. The lowest BCUT2D eigenvalue weighted by molar-refractivity contribution is 0.395. The summed E-state index contributed by atoms with van der Waals surface area (Å²) in [6.45, 7) is 7.07. The van der Waals surface area contributed by atoms with Gasteiger partial charge in [0, 0.05) is 19.0 Å². The summed E-state index contributed by atoms with van der Waals surface area (Å²) < 4.78 is 27.7. The highest BCUT2D eigenvalue weighted by molar-refractivity contribution is 7.89. The molecule has 1 fully saturated rings. The molecular weight excluding hydrogens is 306 g/mol. The van der Waals surface area contributed by atoms with Gasteiger partial charge in [-0.05, 0) is 61.8 Å². The highest BCUT2D eigenvalue weighted by atomic mass is 35.5. The zero-order chi connectivity index (χ0) is 15.6. The Kier molecular flexibility index (Phi) is 5.33. The van der Waals surface area contributed by atoms with Crippen LogP contribution in [-0.4, -0.2) is 25.8 Å². The van der Waals surface area contributed by atoms with Gasteiger partial charge in [0.25, 0.3) is 0 Å². The van der Waals surface area contributed by atoms with Crippen LogP contribution in [-0.2, 0) is 15.9 Å². The van der Waals surface area contributed by atoms with E-state index >= 15 is 0 Å². The van der Waals surface area contributed by atoms with E-state index < -0.39 is 10.0 Å². The fourth-order valence-electron chi connectivity index (χ4n) is 2.53. The summed E-state index contributed by atoms with van der Waals surface area (Å²) in [7, 11) is -3.43. The molecule has 1 aromatic rings. The van der Waals surface area contributed by atoms with E-state index in [0.717, 1.165) is 36.0 Å². The van der Waals surface area contributed by atoms with E-state index in [1.54, 1.807) is 10.4 Å². The van der Waals surface area contributed by atoms with Gasteiger partial charge < -0.3 is 0 Å². The lowest BCUT2D eigenvalue weighted by Gasteiger charge is -2.23. The van der Waals surface area contributed by atoms with Crippen molar-refractivity contribution in [1.29, 1.82) is 0 Å². The van der Waals surface area contributed by atoms with E-state index in [-0.39, 0.29) is 0 Å². The van der Waals surface area contributed by atoms with Gasteiger partial charge in [0.1, 0.15) is 0 Å². The number of aryl methyl sites for hydroxylation is 1. The average molecular weight is 330 g/mol. The van der Waals surface area contributed by atoms with Gasteiger partial charge in [0.15, 0.2) is 0 Å². The number of alkyl halides is 1. The van der Waals surface area contributed by atoms with E-state index in [1.165, 1.54) is 0 Å². The van der Waals surface area contributed by atoms with Crippen molar-refractivity contribution in [2.24, 2.45) is 5.92 Å². The Bertz CT molecular complexity index is 609. The first-order valence-electron chi connectivity index (χ1n) is 7.56. The van der Waals surface area contributed by atoms with Crippen molar-refractivity contribution in [3.8, 4) is 0 Å². The molecule has 0 saturated heterocycles. The fraction of sp³-hybridized carbons (Fsp3) is 0.625. The third kappa shape index (κ3) is 3.79. The first-order valence-corrected chi connectivity index (χ1v) is 9.53. The minimum absolute atomic E-state index is 0.333. The van der Waals surface area contributed by atoms with Gasteiger partial charge in [-0.25, -0.2) is 8.42 Å². The molecule has 1 aromatic carbocycles. The Morgan fingerprint density at radius 2 is 1.95 bits per heavy atom. The number of nitrogens with zero attached hydrogens (tertiary/aromatic N) is 1. The van der Waals surface area contributed by atoms with Crippen LogP contribution < -0.4 is 0 Å². The second-order valence-electron chi connectivity index (χ2n) is 5.98. The number of sulfonamides is 1. The molecule has 0 N–H and O–H groups in total. The molecule has 0 heterocycles. The number of benzene rings is 1. The lowest BCUT2D eigenvalue weighted by atomic mass is 10.1. The predicted molar refractivity (Wildman–Crippen MR) is 87.2 cm³/mol. The van der Waals surface area contributed by atoms with E-state index in [0.29, 0.717) is 29.8 Å². The molecule has 5 heteroatoms. The molecule has 1 saturated carbocycles. The molecule has 118 valence electrons. The molecule has 2 rings (SSSR count). The van der Waals surface area contributed by atoms with Crippen LogP contribution in [0.25, 0.3) is 0 Å². The number of rotatable bonds is 7. The molecule has 0 aromatic heterocycles. The Labute approximate surface area is 133 Å². The molecule has 1 aliphatic rings. The Hall–Kier alpha value is -0.580. The molecule has 0 amide bonds. The Balaban J connectivity index is 2.42. The lowest BCUT2D eigenvalue weighted by Crippen LogP contribution is -2.34. The normalized spacial score (nSPS) is 15.7. The van der Waals surface area contributed by atoms with Gasteiger partial charge in [-0.1, -0.05) is 13.0 Å². The van der Waals surface area contributed by atoms with Crippen molar-refractivity contribution in [2.45, 2.75) is 50.8 Å². The molecule has 0 aliphatic heterocycles. The minimum Gasteiger partial charge on any atom is -0.207 e. The maximum absolute atomic E-state index is 13.0. The van der Waals surface area contributed by atoms with E-state index in [1.807, 2.05) is 26.8 Å². The third-order valence-electron chi connectivity index (χ3n) is 4.08. The van der Waals surface area contributed by atoms with Crippen molar-refractivity contribution in [3.05, 3.63) is 28.8 Å². The molecular formula is C16H24ClNO2S. The predicted octanol–water partition coefficient (Wildman–Crippen LogP) is 3.85. The summed E-state index contributed by atoms with van der Waals surface area (Å²) in [4.78, 5) is 0.423. The van der Waals surface area contributed by atoms with E-state index in [4.69, 9.17) is 11.6 Å². The second kappa shape index (κ2) is 6.67. The smallest absolute Gasteiger partial charge is 0.207 e. The van der Waals surface area contributed by atoms with Crippen LogP contribution in [0.4, 0.5) is 0 Å². The summed E-state index contributed by atoms with van der Waals surface area (Å²) in [6, 6.07) is 3.70. The number of hydrogen-bond acceptors (Lipinski definition) is 2. The molecule has 1 aliphatic carbocycles. The molecule has 0 spiro atoms. The maximum atomic E-state index is 13.0. The van der Waals surface area contributed by atoms with Crippen molar-refractivity contribution in [3.63, 3.8) is 0 Å². The average Bonchev–Trinajstić information content (AvgIpc) is 3.25. The zero-order valence-corrected chi connectivity index (χ0v) is 14.6. The van der Waals surface area contributed by atoms with Crippen molar-refractivity contribution in [1.82, 2.24) is 4.31 Å². The van der Waals surface area contributed by atoms with Gasteiger partial charge >= 0.3 is 0 Å². The van der Waals surface area contributed by atoms with Crippen molar-refractivity contribution >= 4 is 21.6 Å². The van der Waals surface area contributed by atoms with Gasteiger partial charge in [-0.15, -0.1) is 11.6 Å². The van der Waals surface area contributed by atoms with Crippen molar-refractivity contribution in [2.75, 3.05) is 13.1 Å².